The zero-order chi connectivity index (χ0) is 32.4. The van der Waals surface area contributed by atoms with Crippen LogP contribution >= 0.6 is 0 Å². The van der Waals surface area contributed by atoms with Crippen LogP contribution in [0.25, 0.3) is 4.85 Å². The molecule has 46 heavy (non-hydrogen) atoms. The fourth-order valence-electron chi connectivity index (χ4n) is 6.72. The number of nitriles is 1. The summed E-state index contributed by atoms with van der Waals surface area (Å²) in [6.45, 7) is 21.8. The van der Waals surface area contributed by atoms with Crippen LogP contribution in [0.4, 0.5) is 39.8 Å². The number of ether oxygens (including phenoxy) is 2. The molecule has 0 spiro atoms. The van der Waals surface area contributed by atoms with Gasteiger partial charge >= 0.3 is 0 Å². The monoisotopic (exact) mass is 602 g/mol. The Morgan fingerprint density at radius 1 is 0.565 bits per heavy atom. The van der Waals surface area contributed by atoms with E-state index in [4.69, 9.17) is 16.0 Å². The van der Waals surface area contributed by atoms with Crippen molar-refractivity contribution in [2.24, 2.45) is 0 Å². The van der Waals surface area contributed by atoms with Crippen molar-refractivity contribution in [1.82, 2.24) is 0 Å². The molecule has 0 saturated heterocycles. The standard InChI is InChI=1S/C40H34N4O2/c1-39(2,3)34-35(40(4,5)6)38(44-28-18-10-14-22-32(28)46-33-23-15-11-19-29(33)44)36(42-7)25(24-41)37(34)43-26-16-8-12-20-30(26)45-31-21-13-9-17-27(31)43/h8-23H,1-6H3. The molecule has 7 rings (SSSR count). The molecule has 5 aromatic rings. The van der Waals surface area contributed by atoms with E-state index in [1.165, 1.54) is 0 Å². The molecule has 2 aliphatic rings. The molecule has 6 nitrogen and oxygen atoms in total. The number of para-hydroxylation sites is 8. The van der Waals surface area contributed by atoms with E-state index in [-0.39, 0.29) is 0 Å². The van der Waals surface area contributed by atoms with E-state index in [9.17, 15) is 5.26 Å². The van der Waals surface area contributed by atoms with E-state index in [1.807, 2.05) is 97.1 Å². The lowest BCUT2D eigenvalue weighted by Crippen LogP contribution is -2.30. The third-order valence-electron chi connectivity index (χ3n) is 8.46. The van der Waals surface area contributed by atoms with Crippen molar-refractivity contribution in [3.63, 3.8) is 0 Å². The highest BCUT2D eigenvalue weighted by atomic mass is 16.5. The Labute approximate surface area is 270 Å². The molecule has 226 valence electrons. The number of fused-ring (bicyclic) bond motifs is 4. The van der Waals surface area contributed by atoms with Crippen molar-refractivity contribution in [1.29, 1.82) is 5.26 Å². The molecule has 0 N–H and O–H groups in total. The first kappa shape index (κ1) is 29.0. The van der Waals surface area contributed by atoms with Crippen molar-refractivity contribution in [3.8, 4) is 29.1 Å². The number of benzene rings is 5. The quantitative estimate of drug-likeness (QED) is 0.184. The van der Waals surface area contributed by atoms with Crippen LogP contribution in [0.3, 0.4) is 0 Å². The van der Waals surface area contributed by atoms with Crippen molar-refractivity contribution in [2.75, 3.05) is 9.80 Å². The van der Waals surface area contributed by atoms with Gasteiger partial charge in [0.25, 0.3) is 0 Å². The summed E-state index contributed by atoms with van der Waals surface area (Å²) in [5.41, 5.74) is 6.35. The SMILES string of the molecule is [C-]#[N+]c1c(C#N)c(N2c3ccccc3Oc3ccccc32)c(C(C)(C)C)c(C(C)(C)C)c1N1c2ccccc2Oc2ccccc21. The number of nitrogens with zero attached hydrogens (tertiary/aromatic N) is 4. The first-order chi connectivity index (χ1) is 22.0. The van der Waals surface area contributed by atoms with Crippen LogP contribution in [-0.4, -0.2) is 0 Å². The molecule has 0 unspecified atom stereocenters. The molecule has 0 aliphatic carbocycles. The normalized spacial score (nSPS) is 13.2. The Bertz CT molecular complexity index is 1880. The molecule has 0 amide bonds. The highest BCUT2D eigenvalue weighted by molar-refractivity contribution is 6.02. The molecule has 0 radical (unpaired) electrons. The van der Waals surface area contributed by atoms with E-state index < -0.39 is 10.8 Å². The maximum atomic E-state index is 11.2. The van der Waals surface area contributed by atoms with Gasteiger partial charge in [-0.25, -0.2) is 4.85 Å². The molecule has 5 aromatic carbocycles. The summed E-state index contributed by atoms with van der Waals surface area (Å²) in [4.78, 5) is 8.47. The maximum Gasteiger partial charge on any atom is 0.230 e. The Morgan fingerprint density at radius 2 is 0.891 bits per heavy atom. The Kier molecular flexibility index (Phi) is 6.58. The highest BCUT2D eigenvalue weighted by Gasteiger charge is 2.42. The predicted molar refractivity (Wildman–Crippen MR) is 184 cm³/mol. The summed E-state index contributed by atoms with van der Waals surface area (Å²) < 4.78 is 12.7. The van der Waals surface area contributed by atoms with E-state index in [2.05, 4.69) is 62.3 Å². The Morgan fingerprint density at radius 3 is 1.22 bits per heavy atom. The average molecular weight is 603 g/mol. The molecule has 0 bridgehead atoms. The lowest BCUT2D eigenvalue weighted by molar-refractivity contribution is 0.475. The topological polar surface area (TPSA) is 53.1 Å². The number of rotatable bonds is 2. The molecule has 2 heterocycles. The van der Waals surface area contributed by atoms with Crippen molar-refractivity contribution in [2.45, 2.75) is 52.4 Å². The van der Waals surface area contributed by atoms with E-state index in [0.29, 0.717) is 45.6 Å². The lowest BCUT2D eigenvalue weighted by atomic mass is 9.71. The Balaban J connectivity index is 1.70. The largest absolute Gasteiger partial charge is 0.453 e. The zero-order valence-corrected chi connectivity index (χ0v) is 26.8. The highest BCUT2D eigenvalue weighted by Crippen LogP contribution is 2.62. The van der Waals surface area contributed by atoms with Crippen molar-refractivity contribution in [3.05, 3.63) is 125 Å². The molecule has 0 saturated carbocycles. The lowest BCUT2D eigenvalue weighted by Gasteiger charge is -2.43. The van der Waals surface area contributed by atoms with E-state index >= 15 is 0 Å². The van der Waals surface area contributed by atoms with Gasteiger partial charge in [0.05, 0.1) is 52.3 Å². The smallest absolute Gasteiger partial charge is 0.230 e. The summed E-state index contributed by atoms with van der Waals surface area (Å²) in [5.74, 6) is 2.75. The fourth-order valence-corrected chi connectivity index (χ4v) is 6.72. The van der Waals surface area contributed by atoms with Crippen molar-refractivity contribution >= 4 is 39.8 Å². The molecule has 6 heteroatoms. The summed E-state index contributed by atoms with van der Waals surface area (Å²) in [5, 5.41) is 11.2. The third-order valence-corrected chi connectivity index (χ3v) is 8.46. The summed E-state index contributed by atoms with van der Waals surface area (Å²) >= 11 is 0. The zero-order valence-electron chi connectivity index (χ0n) is 26.8. The van der Waals surface area contributed by atoms with Crippen LogP contribution in [0, 0.1) is 17.9 Å². The number of anilines is 6. The van der Waals surface area contributed by atoms with Gasteiger partial charge in [0.2, 0.25) is 5.69 Å². The molecular formula is C40H34N4O2. The minimum absolute atomic E-state index is 0.295. The van der Waals surface area contributed by atoms with Gasteiger partial charge in [-0.05, 0) is 70.5 Å². The Hall–Kier alpha value is -5.72. The first-order valence-electron chi connectivity index (χ1n) is 15.4. The molecule has 2 aliphatic heterocycles. The van der Waals surface area contributed by atoms with E-state index in [1.54, 1.807) is 0 Å². The summed E-state index contributed by atoms with van der Waals surface area (Å²) in [6, 6.07) is 34.0. The average Bonchev–Trinajstić information content (AvgIpc) is 3.04. The molecule has 0 aromatic heterocycles. The minimum atomic E-state index is -0.452. The fraction of sp³-hybridized carbons (Fsp3) is 0.200. The van der Waals surface area contributed by atoms with Crippen molar-refractivity contribution < 1.29 is 9.47 Å². The van der Waals surface area contributed by atoms with Crippen LogP contribution in [-0.2, 0) is 10.8 Å². The van der Waals surface area contributed by atoms with Crippen LogP contribution in [0.15, 0.2) is 97.1 Å². The molecular weight excluding hydrogens is 568 g/mol. The third kappa shape index (κ3) is 4.37. The van der Waals surface area contributed by atoms with Crippen LogP contribution in [0.5, 0.6) is 23.0 Å². The molecule has 0 atom stereocenters. The van der Waals surface area contributed by atoms with Gasteiger partial charge in [-0.2, -0.15) is 5.26 Å². The van der Waals surface area contributed by atoms with Gasteiger partial charge < -0.3 is 19.3 Å². The van der Waals surface area contributed by atoms with Gasteiger partial charge in [0.15, 0.2) is 23.0 Å². The second-order valence-electron chi connectivity index (χ2n) is 13.6. The maximum absolute atomic E-state index is 11.2. The number of hydrogen-bond donors (Lipinski definition) is 0. The second kappa shape index (κ2) is 10.4. The van der Waals surface area contributed by atoms with Crippen LogP contribution in [0.2, 0.25) is 0 Å². The van der Waals surface area contributed by atoms with Gasteiger partial charge in [0, 0.05) is 0 Å². The second-order valence-corrected chi connectivity index (χ2v) is 13.6. The van der Waals surface area contributed by atoms with Crippen LogP contribution in [0.1, 0.15) is 58.2 Å². The summed E-state index contributed by atoms with van der Waals surface area (Å²) in [6.07, 6.45) is 0. The number of hydrogen-bond acceptors (Lipinski definition) is 5. The van der Waals surface area contributed by atoms with E-state index in [0.717, 1.165) is 33.9 Å². The van der Waals surface area contributed by atoms with Gasteiger partial charge in [0.1, 0.15) is 0 Å². The summed E-state index contributed by atoms with van der Waals surface area (Å²) in [7, 11) is 0. The van der Waals surface area contributed by atoms with Gasteiger partial charge in [-0.3, -0.25) is 0 Å². The van der Waals surface area contributed by atoms with Gasteiger partial charge in [-0.1, -0.05) is 90.1 Å². The predicted octanol–water partition coefficient (Wildman–Crippen LogP) is 11.9. The van der Waals surface area contributed by atoms with Crippen LogP contribution < -0.4 is 19.3 Å². The first-order valence-corrected chi connectivity index (χ1v) is 15.4. The van der Waals surface area contributed by atoms with Gasteiger partial charge in [-0.15, -0.1) is 0 Å². The minimum Gasteiger partial charge on any atom is -0.453 e. The molecule has 0 fully saturated rings.